The second-order valence-corrected chi connectivity index (χ2v) is 6.84. The summed E-state index contributed by atoms with van der Waals surface area (Å²) in [6, 6.07) is 8.18. The molecule has 0 saturated carbocycles. The van der Waals surface area contributed by atoms with E-state index in [1.54, 1.807) is 6.20 Å². The molecule has 1 saturated heterocycles. The second kappa shape index (κ2) is 7.58. The first kappa shape index (κ1) is 18.0. The van der Waals surface area contributed by atoms with Crippen molar-refractivity contribution in [2.24, 2.45) is 0 Å². The highest BCUT2D eigenvalue weighted by molar-refractivity contribution is 5.97. The molecule has 5 nitrogen and oxygen atoms in total. The number of rotatable bonds is 3. The summed E-state index contributed by atoms with van der Waals surface area (Å²) >= 11 is 0. The molecule has 2 aromatic rings. The molecule has 4 rings (SSSR count). The Balaban J connectivity index is 0.00000182. The summed E-state index contributed by atoms with van der Waals surface area (Å²) in [4.78, 5) is 13.3. The molecular weight excluding hydrogens is 336 g/mol. The third kappa shape index (κ3) is 3.31. The zero-order valence-electron chi connectivity index (χ0n) is 14.3. The van der Waals surface area contributed by atoms with Gasteiger partial charge in [0.05, 0.1) is 0 Å². The lowest BCUT2D eigenvalue weighted by Gasteiger charge is -2.36. The van der Waals surface area contributed by atoms with Gasteiger partial charge >= 0.3 is 0 Å². The van der Waals surface area contributed by atoms with Crippen LogP contribution in [-0.2, 0) is 23.2 Å². The van der Waals surface area contributed by atoms with Crippen LogP contribution in [0.1, 0.15) is 36.8 Å². The van der Waals surface area contributed by atoms with Crippen molar-refractivity contribution in [1.29, 1.82) is 0 Å². The van der Waals surface area contributed by atoms with Gasteiger partial charge in [-0.1, -0.05) is 12.1 Å². The minimum absolute atomic E-state index is 0. The predicted octanol–water partition coefficient (Wildman–Crippen LogP) is 2.90. The quantitative estimate of drug-likeness (QED) is 0.884. The van der Waals surface area contributed by atoms with E-state index in [0.717, 1.165) is 44.5 Å². The summed E-state index contributed by atoms with van der Waals surface area (Å²) in [5, 5.41) is 11.0. The maximum absolute atomic E-state index is 13.3. The maximum atomic E-state index is 13.3. The molecule has 2 N–H and O–H groups in total. The lowest BCUT2D eigenvalue weighted by molar-refractivity contribution is -0.126. The van der Waals surface area contributed by atoms with Gasteiger partial charge in [0.1, 0.15) is 5.54 Å². The molecule has 1 fully saturated rings. The summed E-state index contributed by atoms with van der Waals surface area (Å²) < 4.78 is 1.85. The number of fused-ring (bicyclic) bond motifs is 1. The van der Waals surface area contributed by atoms with E-state index in [4.69, 9.17) is 0 Å². The van der Waals surface area contributed by atoms with Crippen molar-refractivity contribution < 1.29 is 4.79 Å². The van der Waals surface area contributed by atoms with Gasteiger partial charge in [0.15, 0.2) is 0 Å². The molecule has 25 heavy (non-hydrogen) atoms. The van der Waals surface area contributed by atoms with Gasteiger partial charge in [-0.05, 0) is 74.9 Å². The lowest BCUT2D eigenvalue weighted by Crippen LogP contribution is -2.52. The van der Waals surface area contributed by atoms with Crippen LogP contribution in [0.5, 0.6) is 0 Å². The van der Waals surface area contributed by atoms with Gasteiger partial charge in [-0.3, -0.25) is 9.48 Å². The Kier molecular flexibility index (Phi) is 5.45. The van der Waals surface area contributed by atoms with E-state index in [2.05, 4.69) is 27.9 Å². The molecule has 0 atom stereocenters. The fourth-order valence-corrected chi connectivity index (χ4v) is 4.06. The number of aryl methyl sites for hydroxylation is 1. The van der Waals surface area contributed by atoms with Crippen LogP contribution in [0.3, 0.4) is 0 Å². The molecule has 1 aliphatic carbocycles. The van der Waals surface area contributed by atoms with E-state index in [1.807, 2.05) is 23.0 Å². The largest absolute Gasteiger partial charge is 0.324 e. The molecule has 1 aliphatic heterocycles. The van der Waals surface area contributed by atoms with E-state index in [0.29, 0.717) is 0 Å². The minimum Gasteiger partial charge on any atom is -0.324 e. The Bertz CT molecular complexity index is 723. The maximum Gasteiger partial charge on any atom is 0.252 e. The van der Waals surface area contributed by atoms with Crippen LogP contribution >= 0.6 is 12.4 Å². The van der Waals surface area contributed by atoms with Crippen LogP contribution in [0.15, 0.2) is 36.7 Å². The summed E-state index contributed by atoms with van der Waals surface area (Å²) in [6.07, 6.45) is 9.80. The molecule has 2 aliphatic rings. The van der Waals surface area contributed by atoms with E-state index in [-0.39, 0.29) is 18.3 Å². The third-order valence-electron chi connectivity index (χ3n) is 5.44. The van der Waals surface area contributed by atoms with Crippen LogP contribution in [0.25, 0.3) is 0 Å². The molecule has 2 heterocycles. The molecule has 0 spiro atoms. The highest BCUT2D eigenvalue weighted by Gasteiger charge is 2.42. The molecular formula is C19H25ClN4O. The number of piperidine rings is 1. The van der Waals surface area contributed by atoms with Crippen molar-refractivity contribution in [2.75, 3.05) is 18.4 Å². The molecule has 1 aromatic heterocycles. The third-order valence-corrected chi connectivity index (χ3v) is 5.44. The number of carbonyl (C=O) groups is 1. The number of anilines is 1. The molecule has 1 amide bonds. The number of hydrogen-bond donors (Lipinski definition) is 2. The topological polar surface area (TPSA) is 59.0 Å². The van der Waals surface area contributed by atoms with Gasteiger partial charge in [-0.2, -0.15) is 5.10 Å². The fourth-order valence-electron chi connectivity index (χ4n) is 4.06. The second-order valence-electron chi connectivity index (χ2n) is 6.84. The Morgan fingerprint density at radius 3 is 2.72 bits per heavy atom. The summed E-state index contributed by atoms with van der Waals surface area (Å²) in [5.41, 5.74) is 3.10. The Hall–Kier alpha value is -1.85. The van der Waals surface area contributed by atoms with Gasteiger partial charge in [-0.25, -0.2) is 0 Å². The standard InChI is InChI=1S/C19H24N4O.ClH/c24-18(19(9-12-20-13-10-19)23-14-4-11-21-23)22-17-8-3-6-15-5-1-2-7-16(15)17;/h3-4,6,8,11,14,20H,1-2,5,7,9-10,12-13H2,(H,22,24);1H. The van der Waals surface area contributed by atoms with Gasteiger partial charge in [0.2, 0.25) is 0 Å². The number of benzene rings is 1. The Morgan fingerprint density at radius 2 is 1.96 bits per heavy atom. The average Bonchev–Trinajstić information content (AvgIpc) is 3.18. The lowest BCUT2D eigenvalue weighted by atomic mass is 9.86. The molecule has 134 valence electrons. The summed E-state index contributed by atoms with van der Waals surface area (Å²) in [7, 11) is 0. The van der Waals surface area contributed by atoms with Gasteiger partial charge < -0.3 is 10.6 Å². The van der Waals surface area contributed by atoms with Crippen LogP contribution in [-0.4, -0.2) is 28.8 Å². The number of halogens is 1. The number of carbonyl (C=O) groups excluding carboxylic acids is 1. The van der Waals surface area contributed by atoms with Crippen LogP contribution in [0.2, 0.25) is 0 Å². The van der Waals surface area contributed by atoms with Crippen molar-refractivity contribution in [2.45, 2.75) is 44.1 Å². The first-order valence-electron chi connectivity index (χ1n) is 8.93. The van der Waals surface area contributed by atoms with E-state index in [9.17, 15) is 4.79 Å². The van der Waals surface area contributed by atoms with E-state index < -0.39 is 5.54 Å². The SMILES string of the molecule is Cl.O=C(Nc1cccc2c1CCCC2)C1(n2cccn2)CCNCC1. The number of nitrogens with one attached hydrogen (secondary N) is 2. The molecule has 1 aromatic carbocycles. The van der Waals surface area contributed by atoms with Crippen LogP contribution in [0, 0.1) is 0 Å². The zero-order chi connectivity index (χ0) is 16.4. The Morgan fingerprint density at radius 1 is 1.16 bits per heavy atom. The molecule has 0 bridgehead atoms. The van der Waals surface area contributed by atoms with Crippen LogP contribution in [0.4, 0.5) is 5.69 Å². The number of hydrogen-bond acceptors (Lipinski definition) is 3. The smallest absolute Gasteiger partial charge is 0.252 e. The number of aromatic nitrogens is 2. The monoisotopic (exact) mass is 360 g/mol. The van der Waals surface area contributed by atoms with Crippen molar-refractivity contribution in [1.82, 2.24) is 15.1 Å². The van der Waals surface area contributed by atoms with Gasteiger partial charge in [0, 0.05) is 18.1 Å². The normalized spacial score (nSPS) is 18.7. The van der Waals surface area contributed by atoms with Crippen LogP contribution < -0.4 is 10.6 Å². The molecule has 0 radical (unpaired) electrons. The summed E-state index contributed by atoms with van der Waals surface area (Å²) in [5.74, 6) is 0.0617. The highest BCUT2D eigenvalue weighted by Crippen LogP contribution is 2.32. The van der Waals surface area contributed by atoms with Crippen molar-refractivity contribution >= 4 is 24.0 Å². The van der Waals surface area contributed by atoms with Crippen molar-refractivity contribution in [3.05, 3.63) is 47.8 Å². The number of nitrogens with zero attached hydrogens (tertiary/aromatic N) is 2. The molecule has 6 heteroatoms. The van der Waals surface area contributed by atoms with E-state index >= 15 is 0 Å². The van der Waals surface area contributed by atoms with Crippen molar-refractivity contribution in [3.8, 4) is 0 Å². The van der Waals surface area contributed by atoms with E-state index in [1.165, 1.54) is 24.0 Å². The Labute approximate surface area is 154 Å². The first-order valence-corrected chi connectivity index (χ1v) is 8.93. The highest BCUT2D eigenvalue weighted by atomic mass is 35.5. The number of amides is 1. The zero-order valence-corrected chi connectivity index (χ0v) is 15.1. The van der Waals surface area contributed by atoms with Gasteiger partial charge in [-0.15, -0.1) is 12.4 Å². The van der Waals surface area contributed by atoms with Gasteiger partial charge in [0.25, 0.3) is 5.91 Å². The molecule has 0 unspecified atom stereocenters. The minimum atomic E-state index is -0.591. The predicted molar refractivity (Wildman–Crippen MR) is 101 cm³/mol. The van der Waals surface area contributed by atoms with Crippen molar-refractivity contribution in [3.63, 3.8) is 0 Å². The summed E-state index contributed by atoms with van der Waals surface area (Å²) in [6.45, 7) is 1.67. The fraction of sp³-hybridized carbons (Fsp3) is 0.474. The average molecular weight is 361 g/mol. The first-order chi connectivity index (χ1) is 11.8.